The van der Waals surface area contributed by atoms with Crippen LogP contribution in [0.5, 0.6) is 5.75 Å². The minimum absolute atomic E-state index is 0.00220. The van der Waals surface area contributed by atoms with E-state index >= 15 is 0 Å². The molecule has 0 radical (unpaired) electrons. The van der Waals surface area contributed by atoms with E-state index in [9.17, 15) is 0 Å². The summed E-state index contributed by atoms with van der Waals surface area (Å²) in [7, 11) is 1.68. The molecule has 18 heavy (non-hydrogen) atoms. The molecule has 4 heteroatoms. The lowest BCUT2D eigenvalue weighted by Crippen LogP contribution is -2.58. The molecule has 1 atom stereocenters. The van der Waals surface area contributed by atoms with Crippen molar-refractivity contribution < 1.29 is 9.47 Å². The molecule has 0 amide bonds. The summed E-state index contributed by atoms with van der Waals surface area (Å²) in [6.45, 7) is 7.27. The van der Waals surface area contributed by atoms with Crippen molar-refractivity contribution in [2.75, 3.05) is 20.3 Å². The lowest BCUT2D eigenvalue weighted by Gasteiger charge is -2.46. The minimum atomic E-state index is -0.174. The highest BCUT2D eigenvalue weighted by Gasteiger charge is 2.47. The number of hydrogen-bond donors (Lipinski definition) is 1. The van der Waals surface area contributed by atoms with E-state index in [1.165, 1.54) is 0 Å². The van der Waals surface area contributed by atoms with Crippen molar-refractivity contribution in [3.63, 3.8) is 0 Å². The van der Waals surface area contributed by atoms with Crippen molar-refractivity contribution in [2.45, 2.75) is 32.2 Å². The fourth-order valence-corrected chi connectivity index (χ4v) is 2.81. The first kappa shape index (κ1) is 13.7. The van der Waals surface area contributed by atoms with E-state index in [2.05, 4.69) is 0 Å². The number of halogens is 1. The molecule has 0 saturated carbocycles. The van der Waals surface area contributed by atoms with E-state index in [0.717, 1.165) is 27.5 Å². The van der Waals surface area contributed by atoms with Crippen LogP contribution >= 0.6 is 11.6 Å². The van der Waals surface area contributed by atoms with Gasteiger partial charge in [0.15, 0.2) is 0 Å². The van der Waals surface area contributed by atoms with Crippen LogP contribution in [-0.4, -0.2) is 26.4 Å². The van der Waals surface area contributed by atoms with Gasteiger partial charge in [-0.1, -0.05) is 11.6 Å². The minimum Gasteiger partial charge on any atom is -0.496 e. The fourth-order valence-electron chi connectivity index (χ4n) is 2.66. The molecule has 100 valence electrons. The molecule has 0 aromatic heterocycles. The Morgan fingerprint density at radius 1 is 1.44 bits per heavy atom. The Kier molecular flexibility index (Phi) is 3.58. The zero-order chi connectivity index (χ0) is 13.5. The molecule has 1 unspecified atom stereocenters. The summed E-state index contributed by atoms with van der Waals surface area (Å²) in [5, 5.41) is 0.790. The number of hydrogen-bond acceptors (Lipinski definition) is 3. The normalized spacial score (nSPS) is 19.2. The Labute approximate surface area is 113 Å². The van der Waals surface area contributed by atoms with Crippen LogP contribution in [0.4, 0.5) is 0 Å². The van der Waals surface area contributed by atoms with E-state index in [4.69, 9.17) is 26.8 Å². The number of benzene rings is 1. The van der Waals surface area contributed by atoms with Crippen LogP contribution in [0.1, 0.15) is 23.6 Å². The maximum Gasteiger partial charge on any atom is 0.123 e. The van der Waals surface area contributed by atoms with Gasteiger partial charge < -0.3 is 15.2 Å². The second-order valence-electron chi connectivity index (χ2n) is 5.15. The Morgan fingerprint density at radius 2 is 2.06 bits per heavy atom. The summed E-state index contributed by atoms with van der Waals surface area (Å²) in [6.07, 6.45) is 0. The van der Waals surface area contributed by atoms with Crippen LogP contribution in [0.3, 0.4) is 0 Å². The number of rotatable bonds is 3. The van der Waals surface area contributed by atoms with Crippen LogP contribution < -0.4 is 10.5 Å². The highest BCUT2D eigenvalue weighted by molar-refractivity contribution is 6.32. The van der Waals surface area contributed by atoms with Gasteiger partial charge in [-0.15, -0.1) is 0 Å². The van der Waals surface area contributed by atoms with E-state index in [-0.39, 0.29) is 11.5 Å². The summed E-state index contributed by atoms with van der Waals surface area (Å²) >= 11 is 6.37. The fraction of sp³-hybridized carbons (Fsp3) is 0.571. The quantitative estimate of drug-likeness (QED) is 0.917. The van der Waals surface area contributed by atoms with Crippen molar-refractivity contribution in [2.24, 2.45) is 5.73 Å². The molecule has 1 aromatic rings. The van der Waals surface area contributed by atoms with Crippen LogP contribution in [0.25, 0.3) is 0 Å². The highest BCUT2D eigenvalue weighted by Crippen LogP contribution is 2.44. The molecule has 1 heterocycles. The molecule has 0 bridgehead atoms. The summed E-state index contributed by atoms with van der Waals surface area (Å²) < 4.78 is 10.9. The molecule has 2 N–H and O–H groups in total. The van der Waals surface area contributed by atoms with Gasteiger partial charge >= 0.3 is 0 Å². The second kappa shape index (κ2) is 4.72. The Bertz CT molecular complexity index is 467. The zero-order valence-corrected chi connectivity index (χ0v) is 12.1. The van der Waals surface area contributed by atoms with Gasteiger partial charge in [-0.2, -0.15) is 0 Å². The van der Waals surface area contributed by atoms with E-state index in [1.807, 2.05) is 26.8 Å². The second-order valence-corrected chi connectivity index (χ2v) is 5.53. The van der Waals surface area contributed by atoms with Crippen LogP contribution in [0, 0.1) is 13.8 Å². The lowest BCUT2D eigenvalue weighted by atomic mass is 9.71. The predicted octanol–water partition coefficient (Wildman–Crippen LogP) is 2.58. The van der Waals surface area contributed by atoms with Crippen molar-refractivity contribution in [3.05, 3.63) is 27.8 Å². The first-order chi connectivity index (χ1) is 8.44. The molecular weight excluding hydrogens is 250 g/mol. The Balaban J connectivity index is 2.66. The average molecular weight is 270 g/mol. The van der Waals surface area contributed by atoms with Gasteiger partial charge in [0.05, 0.1) is 25.7 Å². The van der Waals surface area contributed by atoms with Crippen LogP contribution in [0.2, 0.25) is 5.02 Å². The van der Waals surface area contributed by atoms with Gasteiger partial charge in [-0.25, -0.2) is 0 Å². The molecule has 1 fully saturated rings. The monoisotopic (exact) mass is 269 g/mol. The topological polar surface area (TPSA) is 44.5 Å². The smallest absolute Gasteiger partial charge is 0.123 e. The molecule has 1 aliphatic rings. The molecule has 2 rings (SSSR count). The summed E-state index contributed by atoms with van der Waals surface area (Å²) in [5.74, 6) is 0.856. The molecular formula is C14H20ClNO2. The number of ether oxygens (including phenoxy) is 2. The zero-order valence-electron chi connectivity index (χ0n) is 11.3. The lowest BCUT2D eigenvalue weighted by molar-refractivity contribution is -0.0713. The molecule has 3 nitrogen and oxygen atoms in total. The number of nitrogens with two attached hydrogens (primary N) is 1. The summed E-state index contributed by atoms with van der Waals surface area (Å²) in [4.78, 5) is 0. The molecule has 1 aromatic carbocycles. The standard InChI is InChI=1S/C14H20ClNO2/c1-8-5-11(17-4)12(9(2)13(8)15)14(10(3)16)6-18-7-14/h5,10H,6-7,16H2,1-4H3. The van der Waals surface area contributed by atoms with Crippen molar-refractivity contribution in [1.82, 2.24) is 0 Å². The third-order valence-electron chi connectivity index (χ3n) is 3.95. The van der Waals surface area contributed by atoms with Crippen LogP contribution in [-0.2, 0) is 10.2 Å². The molecule has 1 aliphatic heterocycles. The third kappa shape index (κ3) is 1.81. The van der Waals surface area contributed by atoms with Gasteiger partial charge in [0.25, 0.3) is 0 Å². The van der Waals surface area contributed by atoms with Gasteiger partial charge in [0, 0.05) is 16.6 Å². The van der Waals surface area contributed by atoms with Gasteiger partial charge in [-0.3, -0.25) is 0 Å². The summed E-state index contributed by atoms with van der Waals surface area (Å²) in [5.41, 5.74) is 9.16. The first-order valence-electron chi connectivity index (χ1n) is 6.11. The number of methoxy groups -OCH3 is 1. The van der Waals surface area contributed by atoms with Crippen molar-refractivity contribution >= 4 is 11.6 Å². The van der Waals surface area contributed by atoms with Crippen molar-refractivity contribution in [1.29, 1.82) is 0 Å². The van der Waals surface area contributed by atoms with E-state index < -0.39 is 0 Å². The van der Waals surface area contributed by atoms with E-state index in [1.54, 1.807) is 7.11 Å². The largest absolute Gasteiger partial charge is 0.496 e. The van der Waals surface area contributed by atoms with E-state index in [0.29, 0.717) is 13.2 Å². The maximum absolute atomic E-state index is 6.37. The summed E-state index contributed by atoms with van der Waals surface area (Å²) in [6, 6.07) is 1.98. The first-order valence-corrected chi connectivity index (χ1v) is 6.49. The molecule has 1 saturated heterocycles. The number of aryl methyl sites for hydroxylation is 1. The van der Waals surface area contributed by atoms with Gasteiger partial charge in [0.2, 0.25) is 0 Å². The van der Waals surface area contributed by atoms with Crippen LogP contribution in [0.15, 0.2) is 6.07 Å². The highest BCUT2D eigenvalue weighted by atomic mass is 35.5. The Morgan fingerprint density at radius 3 is 2.44 bits per heavy atom. The average Bonchev–Trinajstić information content (AvgIpc) is 2.26. The molecule has 0 spiro atoms. The Hall–Kier alpha value is -0.770. The predicted molar refractivity (Wildman–Crippen MR) is 73.6 cm³/mol. The van der Waals surface area contributed by atoms with Crippen molar-refractivity contribution in [3.8, 4) is 5.75 Å². The van der Waals surface area contributed by atoms with Gasteiger partial charge in [0.1, 0.15) is 5.75 Å². The van der Waals surface area contributed by atoms with Gasteiger partial charge in [-0.05, 0) is 38.0 Å². The molecule has 0 aliphatic carbocycles. The maximum atomic E-state index is 6.37. The SMILES string of the molecule is COc1cc(C)c(Cl)c(C)c1C1(C(C)N)COC1. The third-order valence-corrected chi connectivity index (χ3v) is 4.53.